The molecular formula is C21H25N9O5S2. The SMILES string of the molecule is CC(C)CON=C(C(=O)NC1C(=O)N2C(C(=O)O)=C(CSc3nnnn3C)CS[C@H]12)c1cccc(N)n1. The number of aromatic nitrogens is 5. The fourth-order valence-corrected chi connectivity index (χ4v) is 5.87. The van der Waals surface area contributed by atoms with Crippen molar-refractivity contribution in [2.24, 2.45) is 18.1 Å². The van der Waals surface area contributed by atoms with Gasteiger partial charge in [0.25, 0.3) is 11.8 Å². The lowest BCUT2D eigenvalue weighted by atomic mass is 10.0. The number of carbonyl (C=O) groups is 3. The second-order valence-electron chi connectivity index (χ2n) is 8.57. The molecule has 2 aromatic rings. The van der Waals surface area contributed by atoms with Gasteiger partial charge in [0.05, 0.1) is 0 Å². The highest BCUT2D eigenvalue weighted by Crippen LogP contribution is 2.41. The number of anilines is 1. The summed E-state index contributed by atoms with van der Waals surface area (Å²) in [6, 6.07) is 3.80. The summed E-state index contributed by atoms with van der Waals surface area (Å²) in [6.07, 6.45) is 0. The minimum atomic E-state index is -1.22. The van der Waals surface area contributed by atoms with Gasteiger partial charge in [-0.3, -0.25) is 14.5 Å². The van der Waals surface area contributed by atoms with Crippen molar-refractivity contribution in [3.05, 3.63) is 35.2 Å². The smallest absolute Gasteiger partial charge is 0.352 e. The van der Waals surface area contributed by atoms with Crippen LogP contribution >= 0.6 is 23.5 Å². The molecule has 0 radical (unpaired) electrons. The van der Waals surface area contributed by atoms with E-state index in [-0.39, 0.29) is 35.4 Å². The number of amides is 2. The molecule has 0 bridgehead atoms. The molecule has 4 heterocycles. The number of nitrogens with one attached hydrogen (secondary N) is 1. The topological polar surface area (TPSA) is 191 Å². The van der Waals surface area contributed by atoms with Crippen molar-refractivity contribution in [3.63, 3.8) is 0 Å². The van der Waals surface area contributed by atoms with E-state index in [1.807, 2.05) is 13.8 Å². The molecule has 2 aliphatic heterocycles. The number of rotatable bonds is 10. The van der Waals surface area contributed by atoms with E-state index in [9.17, 15) is 19.5 Å². The van der Waals surface area contributed by atoms with Gasteiger partial charge in [-0.05, 0) is 34.1 Å². The molecular weight excluding hydrogens is 522 g/mol. The molecule has 0 aromatic carbocycles. The molecule has 4 N–H and O–H groups in total. The average Bonchev–Trinajstić information content (AvgIpc) is 3.27. The van der Waals surface area contributed by atoms with Crippen LogP contribution in [0, 0.1) is 5.92 Å². The Balaban J connectivity index is 1.50. The lowest BCUT2D eigenvalue weighted by molar-refractivity contribution is -0.150. The Labute approximate surface area is 220 Å². The highest BCUT2D eigenvalue weighted by molar-refractivity contribution is 8.01. The Hall–Kier alpha value is -3.66. The van der Waals surface area contributed by atoms with Gasteiger partial charge in [-0.1, -0.05) is 36.8 Å². The fraction of sp³-hybridized carbons (Fsp3) is 0.429. The van der Waals surface area contributed by atoms with Crippen molar-refractivity contribution in [1.82, 2.24) is 35.4 Å². The van der Waals surface area contributed by atoms with Crippen LogP contribution < -0.4 is 11.1 Å². The van der Waals surface area contributed by atoms with Crippen LogP contribution in [0.2, 0.25) is 0 Å². The number of carbonyl (C=O) groups excluding carboxylic acids is 2. The van der Waals surface area contributed by atoms with Gasteiger partial charge in [0, 0.05) is 18.6 Å². The molecule has 2 aromatic heterocycles. The van der Waals surface area contributed by atoms with Crippen molar-refractivity contribution >= 4 is 52.8 Å². The molecule has 1 unspecified atom stereocenters. The summed E-state index contributed by atoms with van der Waals surface area (Å²) in [6.45, 7) is 4.13. The lowest BCUT2D eigenvalue weighted by Gasteiger charge is -2.49. The number of carboxylic acid groups (broad SMARTS) is 1. The third-order valence-electron chi connectivity index (χ3n) is 5.29. The maximum Gasteiger partial charge on any atom is 0.352 e. The normalized spacial score (nSPS) is 19.5. The van der Waals surface area contributed by atoms with Gasteiger partial charge >= 0.3 is 5.97 Å². The number of fused-ring (bicyclic) bond motifs is 1. The Kier molecular flexibility index (Phi) is 7.97. The van der Waals surface area contributed by atoms with Gasteiger partial charge in [-0.2, -0.15) is 0 Å². The van der Waals surface area contributed by atoms with Crippen molar-refractivity contribution in [2.75, 3.05) is 23.8 Å². The zero-order valence-electron chi connectivity index (χ0n) is 20.2. The first-order valence-corrected chi connectivity index (χ1v) is 13.2. The number of nitrogens with two attached hydrogens (primary N) is 1. The number of thioether (sulfide) groups is 2. The standard InChI is InChI=1S/C21H25N9O5S2/c1-10(2)7-35-26-14(12-5-4-6-13(22)23-12)17(31)24-15-18(32)30-16(20(33)34)11(8-36-19(15)30)9-37-21-25-27-28-29(21)3/h4-6,10,15,19H,7-9H2,1-3H3,(H2,22,23)(H,24,31)(H,33,34)/t15?,19-/m1/s1. The van der Waals surface area contributed by atoms with Gasteiger partial charge in [-0.15, -0.1) is 16.9 Å². The van der Waals surface area contributed by atoms with Crippen molar-refractivity contribution in [1.29, 1.82) is 0 Å². The second-order valence-corrected chi connectivity index (χ2v) is 10.6. The highest BCUT2D eigenvalue weighted by atomic mass is 32.2. The quantitative estimate of drug-likeness (QED) is 0.157. The fourth-order valence-electron chi connectivity index (χ4n) is 3.54. The van der Waals surface area contributed by atoms with E-state index < -0.39 is 29.2 Å². The maximum absolute atomic E-state index is 13.2. The first-order valence-electron chi connectivity index (χ1n) is 11.2. The third kappa shape index (κ3) is 5.69. The largest absolute Gasteiger partial charge is 0.477 e. The summed E-state index contributed by atoms with van der Waals surface area (Å²) in [5.41, 5.74) is 6.29. The van der Waals surface area contributed by atoms with Crippen LogP contribution in [-0.4, -0.2) is 88.2 Å². The molecule has 0 saturated carbocycles. The number of carboxylic acids is 1. The minimum absolute atomic E-state index is 0.0893. The van der Waals surface area contributed by atoms with Gasteiger partial charge in [-0.25, -0.2) is 14.5 Å². The van der Waals surface area contributed by atoms with Crippen LogP contribution in [0.15, 0.2) is 39.8 Å². The predicted molar refractivity (Wildman–Crippen MR) is 135 cm³/mol. The van der Waals surface area contributed by atoms with E-state index in [1.54, 1.807) is 25.2 Å². The van der Waals surface area contributed by atoms with E-state index in [1.165, 1.54) is 33.1 Å². The molecule has 1 saturated heterocycles. The molecule has 0 spiro atoms. The summed E-state index contributed by atoms with van der Waals surface area (Å²) in [4.78, 5) is 49.0. The molecule has 2 amide bonds. The van der Waals surface area contributed by atoms with E-state index in [0.29, 0.717) is 22.2 Å². The maximum atomic E-state index is 13.2. The molecule has 37 heavy (non-hydrogen) atoms. The van der Waals surface area contributed by atoms with Crippen LogP contribution in [0.4, 0.5) is 5.82 Å². The molecule has 16 heteroatoms. The molecule has 2 aliphatic rings. The summed E-state index contributed by atoms with van der Waals surface area (Å²) >= 11 is 2.63. The number of pyridine rings is 1. The molecule has 1 fully saturated rings. The van der Waals surface area contributed by atoms with Crippen LogP contribution in [0.1, 0.15) is 19.5 Å². The number of aliphatic carboxylic acids is 1. The Bertz CT molecular complexity index is 1280. The van der Waals surface area contributed by atoms with E-state index >= 15 is 0 Å². The number of hydrogen-bond acceptors (Lipinski definition) is 12. The summed E-state index contributed by atoms with van der Waals surface area (Å²) in [5.74, 6) is -1.43. The van der Waals surface area contributed by atoms with Gasteiger partial charge in [0.1, 0.15) is 35.2 Å². The van der Waals surface area contributed by atoms with Gasteiger partial charge < -0.3 is 21.0 Å². The second kappa shape index (κ2) is 11.2. The predicted octanol–water partition coefficient (Wildman–Crippen LogP) is 0.0949. The van der Waals surface area contributed by atoms with Gasteiger partial charge in [0.2, 0.25) is 5.16 Å². The number of aryl methyl sites for hydroxylation is 1. The molecule has 4 rings (SSSR count). The summed E-state index contributed by atoms with van der Waals surface area (Å²) in [5, 5.41) is 27.6. The average molecular weight is 548 g/mol. The number of nitrogens with zero attached hydrogens (tertiary/aromatic N) is 7. The van der Waals surface area contributed by atoms with Gasteiger partial charge in [0.15, 0.2) is 5.71 Å². The van der Waals surface area contributed by atoms with E-state index in [2.05, 4.69) is 31.0 Å². The number of oxime groups is 1. The summed E-state index contributed by atoms with van der Waals surface area (Å²) < 4.78 is 1.48. The molecule has 196 valence electrons. The minimum Gasteiger partial charge on any atom is -0.477 e. The Morgan fingerprint density at radius 1 is 1.41 bits per heavy atom. The van der Waals surface area contributed by atoms with Crippen molar-refractivity contribution < 1.29 is 24.3 Å². The van der Waals surface area contributed by atoms with E-state index in [0.717, 1.165) is 0 Å². The molecule has 0 aliphatic carbocycles. The van der Waals surface area contributed by atoms with Crippen molar-refractivity contribution in [2.45, 2.75) is 30.4 Å². The lowest BCUT2D eigenvalue weighted by Crippen LogP contribution is -2.71. The van der Waals surface area contributed by atoms with Crippen LogP contribution in [0.5, 0.6) is 0 Å². The highest BCUT2D eigenvalue weighted by Gasteiger charge is 2.54. The summed E-state index contributed by atoms with van der Waals surface area (Å²) in [7, 11) is 1.68. The number of nitrogen functional groups attached to an aromatic ring is 1. The van der Waals surface area contributed by atoms with Crippen LogP contribution in [0.3, 0.4) is 0 Å². The monoisotopic (exact) mass is 547 g/mol. The van der Waals surface area contributed by atoms with Crippen molar-refractivity contribution in [3.8, 4) is 0 Å². The first kappa shape index (κ1) is 26.4. The number of tetrazole rings is 1. The van der Waals surface area contributed by atoms with E-state index in [4.69, 9.17) is 10.6 Å². The molecule has 14 nitrogen and oxygen atoms in total. The van der Waals surface area contributed by atoms with Crippen LogP contribution in [0.25, 0.3) is 0 Å². The zero-order chi connectivity index (χ0) is 26.7. The zero-order valence-corrected chi connectivity index (χ0v) is 21.8. The van der Waals surface area contributed by atoms with Crippen LogP contribution in [-0.2, 0) is 26.3 Å². The molecule has 2 atom stereocenters. The Morgan fingerprint density at radius 2 is 2.19 bits per heavy atom. The third-order valence-corrected chi connectivity index (χ3v) is 7.72. The Morgan fingerprint density at radius 3 is 2.84 bits per heavy atom. The number of β-lactam (4-membered cyclic amide) rings is 1. The number of hydrogen-bond donors (Lipinski definition) is 3. The first-order chi connectivity index (χ1) is 17.7.